The van der Waals surface area contributed by atoms with Crippen LogP contribution in [-0.2, 0) is 13.0 Å². The molecule has 1 N–H and O–H groups in total. The molecular formula is C19H19ClN4O2S. The maximum atomic E-state index is 12.9. The maximum absolute atomic E-state index is 12.9. The number of anilines is 1. The van der Waals surface area contributed by atoms with Crippen molar-refractivity contribution in [2.75, 3.05) is 18.4 Å². The molecule has 0 saturated heterocycles. The highest BCUT2D eigenvalue weighted by molar-refractivity contribution is 7.15. The lowest BCUT2D eigenvalue weighted by atomic mass is 10.1. The molecule has 2 aromatic heterocycles. The van der Waals surface area contributed by atoms with E-state index in [9.17, 15) is 4.79 Å². The second-order valence-corrected chi connectivity index (χ2v) is 7.89. The van der Waals surface area contributed by atoms with Crippen LogP contribution in [0.2, 0.25) is 5.02 Å². The summed E-state index contributed by atoms with van der Waals surface area (Å²) >= 11 is 7.80. The molecule has 27 heavy (non-hydrogen) atoms. The maximum Gasteiger partial charge on any atom is 0.263 e. The summed E-state index contributed by atoms with van der Waals surface area (Å²) in [6.07, 6.45) is 0.909. The Labute approximate surface area is 166 Å². The quantitative estimate of drug-likeness (QED) is 0.700. The van der Waals surface area contributed by atoms with Crippen molar-refractivity contribution in [3.8, 4) is 11.3 Å². The molecule has 0 unspecified atom stereocenters. The third kappa shape index (κ3) is 3.50. The van der Waals surface area contributed by atoms with Crippen molar-refractivity contribution in [3.63, 3.8) is 0 Å². The lowest BCUT2D eigenvalue weighted by Gasteiger charge is -2.23. The summed E-state index contributed by atoms with van der Waals surface area (Å²) in [4.78, 5) is 21.1. The summed E-state index contributed by atoms with van der Waals surface area (Å²) in [6, 6.07) is 7.26. The van der Waals surface area contributed by atoms with E-state index in [1.807, 2.05) is 18.2 Å². The fourth-order valence-electron chi connectivity index (χ4n) is 3.21. The van der Waals surface area contributed by atoms with Crippen LogP contribution in [0.4, 0.5) is 5.13 Å². The van der Waals surface area contributed by atoms with Crippen molar-refractivity contribution in [1.82, 2.24) is 15.0 Å². The lowest BCUT2D eigenvalue weighted by molar-refractivity contribution is 0.102. The fourth-order valence-corrected chi connectivity index (χ4v) is 4.48. The highest BCUT2D eigenvalue weighted by Crippen LogP contribution is 2.33. The van der Waals surface area contributed by atoms with Crippen molar-refractivity contribution in [1.29, 1.82) is 0 Å². The Morgan fingerprint density at radius 1 is 1.41 bits per heavy atom. The first-order valence-corrected chi connectivity index (χ1v) is 9.99. The summed E-state index contributed by atoms with van der Waals surface area (Å²) in [6.45, 7) is 6.77. The summed E-state index contributed by atoms with van der Waals surface area (Å²) in [7, 11) is 0. The summed E-state index contributed by atoms with van der Waals surface area (Å²) in [5.74, 6) is 0.156. The van der Waals surface area contributed by atoms with E-state index >= 15 is 0 Å². The van der Waals surface area contributed by atoms with Crippen molar-refractivity contribution in [2.45, 2.75) is 26.8 Å². The molecule has 4 rings (SSSR count). The van der Waals surface area contributed by atoms with E-state index in [0.29, 0.717) is 32.7 Å². The van der Waals surface area contributed by atoms with E-state index in [0.717, 1.165) is 31.7 Å². The lowest BCUT2D eigenvalue weighted by Crippen LogP contribution is -2.29. The van der Waals surface area contributed by atoms with Gasteiger partial charge in [0.2, 0.25) is 0 Å². The van der Waals surface area contributed by atoms with E-state index in [-0.39, 0.29) is 5.91 Å². The minimum atomic E-state index is -0.290. The molecule has 0 atom stereocenters. The number of carbonyl (C=O) groups is 1. The van der Waals surface area contributed by atoms with Crippen LogP contribution in [0.25, 0.3) is 11.3 Å². The van der Waals surface area contributed by atoms with Gasteiger partial charge >= 0.3 is 0 Å². The molecule has 0 radical (unpaired) electrons. The second-order valence-electron chi connectivity index (χ2n) is 6.40. The molecule has 140 valence electrons. The van der Waals surface area contributed by atoms with Crippen LogP contribution in [0.15, 0.2) is 28.8 Å². The molecule has 0 bridgehead atoms. The normalized spacial score (nSPS) is 14.2. The third-order valence-electron chi connectivity index (χ3n) is 4.70. The molecule has 8 heteroatoms. The van der Waals surface area contributed by atoms with Crippen LogP contribution < -0.4 is 5.32 Å². The smallest absolute Gasteiger partial charge is 0.263 e. The number of aryl methyl sites for hydroxylation is 1. The van der Waals surface area contributed by atoms with Gasteiger partial charge in [-0.25, -0.2) is 4.98 Å². The molecule has 1 aliphatic rings. The van der Waals surface area contributed by atoms with Crippen molar-refractivity contribution in [3.05, 3.63) is 51.2 Å². The number of aromatic nitrogens is 2. The number of halogens is 1. The molecule has 6 nitrogen and oxygen atoms in total. The third-order valence-corrected chi connectivity index (χ3v) is 6.02. The number of likely N-dealkylation sites (N-methyl/N-ethyl adjacent to an activating group) is 1. The van der Waals surface area contributed by atoms with Gasteiger partial charge in [0.25, 0.3) is 5.91 Å². The fraction of sp³-hybridized carbons (Fsp3) is 0.316. The van der Waals surface area contributed by atoms with Gasteiger partial charge in [-0.1, -0.05) is 41.9 Å². The predicted octanol–water partition coefficient (Wildman–Crippen LogP) is 4.39. The van der Waals surface area contributed by atoms with Crippen LogP contribution in [0.1, 0.15) is 33.6 Å². The molecule has 3 heterocycles. The molecule has 3 aromatic rings. The van der Waals surface area contributed by atoms with Crippen LogP contribution in [0, 0.1) is 6.92 Å². The monoisotopic (exact) mass is 402 g/mol. The van der Waals surface area contributed by atoms with Gasteiger partial charge in [0.05, 0.1) is 10.7 Å². The number of amides is 1. The highest BCUT2D eigenvalue weighted by atomic mass is 35.5. The Hall–Kier alpha value is -2.22. The number of nitrogens with one attached hydrogen (secondary N) is 1. The average molecular weight is 403 g/mol. The number of carbonyl (C=O) groups excluding carboxylic acids is 1. The van der Waals surface area contributed by atoms with Crippen LogP contribution in [0.5, 0.6) is 0 Å². The van der Waals surface area contributed by atoms with Crippen molar-refractivity contribution < 1.29 is 9.32 Å². The predicted molar refractivity (Wildman–Crippen MR) is 106 cm³/mol. The minimum absolute atomic E-state index is 0.290. The Morgan fingerprint density at radius 2 is 2.22 bits per heavy atom. The second kappa shape index (κ2) is 7.42. The first-order valence-electron chi connectivity index (χ1n) is 8.80. The van der Waals surface area contributed by atoms with Crippen molar-refractivity contribution in [2.24, 2.45) is 0 Å². The number of thiazole rings is 1. The number of fused-ring (bicyclic) bond motifs is 1. The SMILES string of the molecule is CCN1CCc2nc(NC(=O)c3c(-c4ccccc4Cl)noc3C)sc2C1. The summed E-state index contributed by atoms with van der Waals surface area (Å²) in [5, 5.41) is 8.09. The highest BCUT2D eigenvalue weighted by Gasteiger charge is 2.25. The molecule has 0 spiro atoms. The molecular weight excluding hydrogens is 384 g/mol. The van der Waals surface area contributed by atoms with Crippen molar-refractivity contribution >= 4 is 34.0 Å². The minimum Gasteiger partial charge on any atom is -0.360 e. The van der Waals surface area contributed by atoms with Gasteiger partial charge in [-0.15, -0.1) is 11.3 Å². The Morgan fingerprint density at radius 3 is 3.00 bits per heavy atom. The van der Waals surface area contributed by atoms with Gasteiger partial charge in [-0.2, -0.15) is 0 Å². The zero-order chi connectivity index (χ0) is 19.0. The molecule has 0 aliphatic carbocycles. The number of nitrogens with zero attached hydrogens (tertiary/aromatic N) is 3. The Bertz CT molecular complexity index is 998. The zero-order valence-electron chi connectivity index (χ0n) is 15.1. The van der Waals surface area contributed by atoms with Gasteiger partial charge in [0, 0.05) is 30.0 Å². The Balaban J connectivity index is 1.61. The largest absolute Gasteiger partial charge is 0.360 e. The number of benzene rings is 1. The number of hydrogen-bond acceptors (Lipinski definition) is 6. The van der Waals surface area contributed by atoms with Crippen LogP contribution in [0.3, 0.4) is 0 Å². The molecule has 0 saturated carbocycles. The summed E-state index contributed by atoms with van der Waals surface area (Å²) in [5.41, 5.74) is 2.56. The topological polar surface area (TPSA) is 71.3 Å². The van der Waals surface area contributed by atoms with Gasteiger partial charge in [-0.05, 0) is 19.5 Å². The van der Waals surface area contributed by atoms with Gasteiger partial charge in [0.1, 0.15) is 17.0 Å². The van der Waals surface area contributed by atoms with E-state index < -0.39 is 0 Å². The van der Waals surface area contributed by atoms with Gasteiger partial charge in [0.15, 0.2) is 5.13 Å². The van der Waals surface area contributed by atoms with E-state index in [1.54, 1.807) is 13.0 Å². The standard InChI is InChI=1S/C19H19ClN4O2S/c1-3-24-9-8-14-15(10-24)27-19(21-14)22-18(25)16-11(2)26-23-17(16)12-6-4-5-7-13(12)20/h4-7H,3,8-10H2,1-2H3,(H,21,22,25). The van der Waals surface area contributed by atoms with E-state index in [1.165, 1.54) is 16.2 Å². The average Bonchev–Trinajstić information content (AvgIpc) is 3.24. The van der Waals surface area contributed by atoms with E-state index in [2.05, 4.69) is 27.3 Å². The Kier molecular flexibility index (Phi) is 4.99. The number of rotatable bonds is 4. The molecule has 0 fully saturated rings. The first-order chi connectivity index (χ1) is 13.1. The number of hydrogen-bond donors (Lipinski definition) is 1. The first kappa shape index (κ1) is 18.2. The molecule has 1 aliphatic heterocycles. The van der Waals surface area contributed by atoms with Crippen LogP contribution in [-0.4, -0.2) is 34.0 Å². The van der Waals surface area contributed by atoms with Crippen LogP contribution >= 0.6 is 22.9 Å². The summed E-state index contributed by atoms with van der Waals surface area (Å²) < 4.78 is 5.28. The molecule has 1 amide bonds. The molecule has 1 aromatic carbocycles. The van der Waals surface area contributed by atoms with Gasteiger partial charge in [-0.3, -0.25) is 15.0 Å². The van der Waals surface area contributed by atoms with Gasteiger partial charge < -0.3 is 4.52 Å². The van der Waals surface area contributed by atoms with E-state index in [4.69, 9.17) is 16.1 Å². The zero-order valence-corrected chi connectivity index (χ0v) is 16.7.